The standard InChI is InChI=1S/C16H24F2N2O2/c1-16(2,11-21)14(20-8-6-19-7-9-20)12-4-3-5-13(10-12)22-15(17)18/h3-5,10,14-15,19,21H,6-9,11H2,1-2H3/t14-/m1/s1. The SMILES string of the molecule is CC(C)(CO)[C@@H](c1cccc(OC(F)F)c1)N1CCNCC1. The van der Waals surface area contributed by atoms with Gasteiger partial charge in [0.15, 0.2) is 0 Å². The molecule has 22 heavy (non-hydrogen) atoms. The average molecular weight is 314 g/mol. The summed E-state index contributed by atoms with van der Waals surface area (Å²) in [5, 5.41) is 13.1. The Hall–Kier alpha value is -1.24. The van der Waals surface area contributed by atoms with Crippen molar-refractivity contribution in [2.75, 3.05) is 32.8 Å². The van der Waals surface area contributed by atoms with Crippen molar-refractivity contribution in [1.82, 2.24) is 10.2 Å². The maximum atomic E-state index is 12.4. The Balaban J connectivity index is 2.31. The average Bonchev–Trinajstić information content (AvgIpc) is 2.48. The molecule has 6 heteroatoms. The molecule has 2 rings (SSSR count). The Morgan fingerprint density at radius 3 is 2.59 bits per heavy atom. The predicted octanol–water partition coefficient (Wildman–Crippen LogP) is 2.25. The zero-order valence-electron chi connectivity index (χ0n) is 13.1. The van der Waals surface area contributed by atoms with Crippen LogP contribution in [0.15, 0.2) is 24.3 Å². The van der Waals surface area contributed by atoms with E-state index in [1.54, 1.807) is 12.1 Å². The first-order valence-corrected chi connectivity index (χ1v) is 7.54. The topological polar surface area (TPSA) is 44.7 Å². The quantitative estimate of drug-likeness (QED) is 0.845. The van der Waals surface area contributed by atoms with E-state index in [-0.39, 0.29) is 23.8 Å². The first-order chi connectivity index (χ1) is 10.4. The second-order valence-electron chi connectivity index (χ2n) is 6.29. The fourth-order valence-electron chi connectivity index (χ4n) is 3.04. The van der Waals surface area contributed by atoms with E-state index in [9.17, 15) is 13.9 Å². The summed E-state index contributed by atoms with van der Waals surface area (Å²) < 4.78 is 29.4. The Kier molecular flexibility index (Phi) is 5.72. The van der Waals surface area contributed by atoms with E-state index in [0.717, 1.165) is 31.7 Å². The summed E-state index contributed by atoms with van der Waals surface area (Å²) >= 11 is 0. The fourth-order valence-corrected chi connectivity index (χ4v) is 3.04. The van der Waals surface area contributed by atoms with E-state index >= 15 is 0 Å². The molecule has 1 aromatic rings. The van der Waals surface area contributed by atoms with Gasteiger partial charge in [-0.3, -0.25) is 4.90 Å². The van der Waals surface area contributed by atoms with Crippen LogP contribution >= 0.6 is 0 Å². The molecule has 4 nitrogen and oxygen atoms in total. The number of aliphatic hydroxyl groups is 1. The van der Waals surface area contributed by atoms with Gasteiger partial charge in [0.25, 0.3) is 0 Å². The highest BCUT2D eigenvalue weighted by Gasteiger charge is 2.35. The molecule has 1 saturated heterocycles. The zero-order valence-corrected chi connectivity index (χ0v) is 13.1. The summed E-state index contributed by atoms with van der Waals surface area (Å²) in [6, 6.07) is 6.74. The largest absolute Gasteiger partial charge is 0.435 e. The first kappa shape index (κ1) is 17.1. The molecule has 1 aliphatic heterocycles. The number of nitrogens with zero attached hydrogens (tertiary/aromatic N) is 1. The number of benzene rings is 1. The minimum atomic E-state index is -2.83. The molecule has 1 fully saturated rings. The van der Waals surface area contributed by atoms with Gasteiger partial charge in [0.2, 0.25) is 0 Å². The van der Waals surface area contributed by atoms with Crippen LogP contribution < -0.4 is 10.1 Å². The first-order valence-electron chi connectivity index (χ1n) is 7.54. The zero-order chi connectivity index (χ0) is 16.2. The van der Waals surface area contributed by atoms with Crippen molar-refractivity contribution < 1.29 is 18.6 Å². The molecule has 0 aromatic heterocycles. The van der Waals surface area contributed by atoms with E-state index in [1.807, 2.05) is 19.9 Å². The van der Waals surface area contributed by atoms with Crippen molar-refractivity contribution >= 4 is 0 Å². The number of hydrogen-bond acceptors (Lipinski definition) is 4. The summed E-state index contributed by atoms with van der Waals surface area (Å²) in [7, 11) is 0. The molecular weight excluding hydrogens is 290 g/mol. The molecule has 124 valence electrons. The van der Waals surface area contributed by atoms with E-state index in [0.29, 0.717) is 0 Å². The number of ether oxygens (including phenoxy) is 1. The predicted molar refractivity (Wildman–Crippen MR) is 81.1 cm³/mol. The van der Waals surface area contributed by atoms with Gasteiger partial charge in [-0.15, -0.1) is 0 Å². The van der Waals surface area contributed by atoms with Gasteiger partial charge in [-0.05, 0) is 17.7 Å². The van der Waals surface area contributed by atoms with Crippen LogP contribution in [0.5, 0.6) is 5.75 Å². The number of alkyl halides is 2. The second-order valence-corrected chi connectivity index (χ2v) is 6.29. The maximum Gasteiger partial charge on any atom is 0.387 e. The van der Waals surface area contributed by atoms with Gasteiger partial charge < -0.3 is 15.2 Å². The summed E-state index contributed by atoms with van der Waals surface area (Å²) in [6.45, 7) is 4.62. The lowest BCUT2D eigenvalue weighted by Gasteiger charge is -2.43. The van der Waals surface area contributed by atoms with Crippen LogP contribution in [-0.4, -0.2) is 49.4 Å². The van der Waals surface area contributed by atoms with Gasteiger partial charge in [0, 0.05) is 44.2 Å². The normalized spacial score (nSPS) is 18.5. The van der Waals surface area contributed by atoms with Crippen molar-refractivity contribution in [2.24, 2.45) is 5.41 Å². The van der Waals surface area contributed by atoms with Crippen LogP contribution in [0.25, 0.3) is 0 Å². The Labute approximate surface area is 130 Å². The molecule has 0 amide bonds. The van der Waals surface area contributed by atoms with Crippen LogP contribution in [0, 0.1) is 5.41 Å². The number of halogens is 2. The second kappa shape index (κ2) is 7.35. The molecule has 0 bridgehead atoms. The highest BCUT2D eigenvalue weighted by Crippen LogP contribution is 2.39. The molecule has 0 spiro atoms. The molecule has 1 aliphatic rings. The molecule has 1 heterocycles. The third-order valence-electron chi connectivity index (χ3n) is 4.06. The number of aliphatic hydroxyl groups excluding tert-OH is 1. The summed E-state index contributed by atoms with van der Waals surface area (Å²) in [5.41, 5.74) is 0.500. The van der Waals surface area contributed by atoms with E-state index in [1.165, 1.54) is 6.07 Å². The summed E-state index contributed by atoms with van der Waals surface area (Å²) in [4.78, 5) is 2.29. The summed E-state index contributed by atoms with van der Waals surface area (Å²) in [6.07, 6.45) is 0. The summed E-state index contributed by atoms with van der Waals surface area (Å²) in [5.74, 6) is 0.154. The lowest BCUT2D eigenvalue weighted by atomic mass is 9.79. The van der Waals surface area contributed by atoms with Gasteiger partial charge in [-0.1, -0.05) is 26.0 Å². The van der Waals surface area contributed by atoms with Crippen LogP contribution in [-0.2, 0) is 0 Å². The van der Waals surface area contributed by atoms with Crippen molar-refractivity contribution in [3.8, 4) is 5.75 Å². The molecule has 0 saturated carbocycles. The highest BCUT2D eigenvalue weighted by atomic mass is 19.3. The monoisotopic (exact) mass is 314 g/mol. The third-order valence-corrected chi connectivity index (χ3v) is 4.06. The lowest BCUT2D eigenvalue weighted by molar-refractivity contribution is -0.0500. The van der Waals surface area contributed by atoms with E-state index in [4.69, 9.17) is 0 Å². The van der Waals surface area contributed by atoms with Crippen molar-refractivity contribution in [3.63, 3.8) is 0 Å². The van der Waals surface area contributed by atoms with Crippen LogP contribution in [0.1, 0.15) is 25.5 Å². The minimum Gasteiger partial charge on any atom is -0.435 e. The fraction of sp³-hybridized carbons (Fsp3) is 0.625. The molecule has 1 atom stereocenters. The van der Waals surface area contributed by atoms with Crippen LogP contribution in [0.2, 0.25) is 0 Å². The van der Waals surface area contributed by atoms with E-state index in [2.05, 4.69) is 15.0 Å². The van der Waals surface area contributed by atoms with Gasteiger partial charge in [0.1, 0.15) is 5.75 Å². The minimum absolute atomic E-state index is 0.0154. The van der Waals surface area contributed by atoms with Crippen molar-refractivity contribution in [3.05, 3.63) is 29.8 Å². The molecule has 0 radical (unpaired) electrons. The van der Waals surface area contributed by atoms with Crippen molar-refractivity contribution in [2.45, 2.75) is 26.5 Å². The smallest absolute Gasteiger partial charge is 0.387 e. The molecule has 1 aromatic carbocycles. The Morgan fingerprint density at radius 1 is 1.32 bits per heavy atom. The Morgan fingerprint density at radius 2 is 2.00 bits per heavy atom. The van der Waals surface area contributed by atoms with Crippen LogP contribution in [0.3, 0.4) is 0 Å². The number of piperazine rings is 1. The van der Waals surface area contributed by atoms with Gasteiger partial charge in [-0.25, -0.2) is 0 Å². The Bertz CT molecular complexity index is 477. The maximum absolute atomic E-state index is 12.4. The number of rotatable bonds is 6. The highest BCUT2D eigenvalue weighted by molar-refractivity contribution is 5.32. The lowest BCUT2D eigenvalue weighted by Crippen LogP contribution is -2.49. The molecule has 2 N–H and O–H groups in total. The molecule has 0 unspecified atom stereocenters. The number of hydrogen-bond donors (Lipinski definition) is 2. The number of nitrogens with one attached hydrogen (secondary N) is 1. The van der Waals surface area contributed by atoms with E-state index < -0.39 is 6.61 Å². The van der Waals surface area contributed by atoms with Gasteiger partial charge in [-0.2, -0.15) is 8.78 Å². The third kappa shape index (κ3) is 4.15. The molecular formula is C16H24F2N2O2. The van der Waals surface area contributed by atoms with Crippen molar-refractivity contribution in [1.29, 1.82) is 0 Å². The van der Waals surface area contributed by atoms with Gasteiger partial charge in [0.05, 0.1) is 0 Å². The molecule has 0 aliphatic carbocycles. The van der Waals surface area contributed by atoms with Gasteiger partial charge >= 0.3 is 6.61 Å². The van der Waals surface area contributed by atoms with Crippen LogP contribution in [0.4, 0.5) is 8.78 Å².